The van der Waals surface area contributed by atoms with Crippen LogP contribution in [0.4, 0.5) is 10.5 Å². The highest BCUT2D eigenvalue weighted by Gasteiger charge is 2.18. The van der Waals surface area contributed by atoms with Gasteiger partial charge in [0.25, 0.3) is 0 Å². The number of carboxylic acids is 1. The number of urea groups is 1. The molecular weight excluding hydrogens is 244 g/mol. The van der Waals surface area contributed by atoms with Crippen molar-refractivity contribution in [1.29, 1.82) is 0 Å². The molecule has 19 heavy (non-hydrogen) atoms. The Bertz CT molecular complexity index is 446. The largest absolute Gasteiger partial charge is 0.480 e. The minimum Gasteiger partial charge on any atom is -0.480 e. The molecule has 0 aliphatic carbocycles. The summed E-state index contributed by atoms with van der Waals surface area (Å²) in [5, 5.41) is 14.1. The Morgan fingerprint density at radius 1 is 1.37 bits per heavy atom. The van der Waals surface area contributed by atoms with Gasteiger partial charge in [0.1, 0.15) is 6.04 Å². The van der Waals surface area contributed by atoms with Gasteiger partial charge in [0.2, 0.25) is 0 Å². The predicted octanol–water partition coefficient (Wildman–Crippen LogP) is 2.76. The van der Waals surface area contributed by atoms with Crippen molar-refractivity contribution in [2.45, 2.75) is 39.2 Å². The van der Waals surface area contributed by atoms with Gasteiger partial charge in [-0.25, -0.2) is 9.59 Å². The minimum atomic E-state index is -1.01. The summed E-state index contributed by atoms with van der Waals surface area (Å²) in [7, 11) is 0. The van der Waals surface area contributed by atoms with Crippen LogP contribution >= 0.6 is 0 Å². The molecule has 0 aliphatic heterocycles. The van der Waals surface area contributed by atoms with Crippen molar-refractivity contribution in [2.24, 2.45) is 0 Å². The molecule has 0 unspecified atom stereocenters. The quantitative estimate of drug-likeness (QED) is 0.739. The van der Waals surface area contributed by atoms with Crippen LogP contribution in [0, 0.1) is 6.92 Å². The van der Waals surface area contributed by atoms with Gasteiger partial charge in [-0.2, -0.15) is 0 Å². The van der Waals surface area contributed by atoms with Crippen molar-refractivity contribution >= 4 is 17.7 Å². The zero-order chi connectivity index (χ0) is 14.3. The molecule has 0 heterocycles. The molecule has 2 amide bonds. The van der Waals surface area contributed by atoms with E-state index in [1.807, 2.05) is 32.0 Å². The second kappa shape index (κ2) is 7.41. The molecule has 0 aliphatic rings. The van der Waals surface area contributed by atoms with Gasteiger partial charge in [0.15, 0.2) is 0 Å². The summed E-state index contributed by atoms with van der Waals surface area (Å²) < 4.78 is 0. The van der Waals surface area contributed by atoms with E-state index in [-0.39, 0.29) is 0 Å². The van der Waals surface area contributed by atoms with Gasteiger partial charge < -0.3 is 15.7 Å². The van der Waals surface area contributed by atoms with Crippen LogP contribution in [-0.4, -0.2) is 23.1 Å². The van der Waals surface area contributed by atoms with Crippen LogP contribution in [0.2, 0.25) is 0 Å². The number of amides is 2. The van der Waals surface area contributed by atoms with E-state index < -0.39 is 18.0 Å². The molecule has 0 bridgehead atoms. The third-order valence-electron chi connectivity index (χ3n) is 2.73. The summed E-state index contributed by atoms with van der Waals surface area (Å²) in [6, 6.07) is 6.00. The van der Waals surface area contributed by atoms with Gasteiger partial charge in [-0.1, -0.05) is 31.9 Å². The third-order valence-corrected chi connectivity index (χ3v) is 2.73. The molecule has 0 fully saturated rings. The highest BCUT2D eigenvalue weighted by atomic mass is 16.4. The molecule has 1 rings (SSSR count). The summed E-state index contributed by atoms with van der Waals surface area (Å²) in [6.45, 7) is 3.90. The number of unbranched alkanes of at least 4 members (excludes halogenated alkanes) is 1. The number of aliphatic carboxylic acids is 1. The first-order valence-corrected chi connectivity index (χ1v) is 6.40. The first-order chi connectivity index (χ1) is 9.02. The Labute approximate surface area is 113 Å². The van der Waals surface area contributed by atoms with Crippen molar-refractivity contribution in [3.8, 4) is 0 Å². The lowest BCUT2D eigenvalue weighted by Gasteiger charge is -2.15. The Hall–Kier alpha value is -2.04. The topological polar surface area (TPSA) is 78.4 Å². The monoisotopic (exact) mass is 264 g/mol. The fourth-order valence-electron chi connectivity index (χ4n) is 1.71. The van der Waals surface area contributed by atoms with Crippen molar-refractivity contribution in [3.05, 3.63) is 29.8 Å². The highest BCUT2D eigenvalue weighted by molar-refractivity contribution is 5.92. The van der Waals surface area contributed by atoms with Gasteiger partial charge in [-0.05, 0) is 31.0 Å². The maximum Gasteiger partial charge on any atom is 0.326 e. The molecule has 1 aromatic carbocycles. The van der Waals surface area contributed by atoms with E-state index in [9.17, 15) is 9.59 Å². The second-order valence-electron chi connectivity index (χ2n) is 4.50. The number of aryl methyl sites for hydroxylation is 1. The minimum absolute atomic E-state index is 0.438. The number of benzene rings is 1. The molecule has 104 valence electrons. The van der Waals surface area contributed by atoms with E-state index in [0.717, 1.165) is 18.4 Å². The summed E-state index contributed by atoms with van der Waals surface area (Å²) in [5.41, 5.74) is 1.68. The lowest BCUT2D eigenvalue weighted by molar-refractivity contribution is -0.139. The Morgan fingerprint density at radius 2 is 2.11 bits per heavy atom. The molecular formula is C14H20N2O3. The SMILES string of the molecule is CCCC[C@H](NC(=O)Nc1cccc(C)c1)C(=O)O. The van der Waals surface area contributed by atoms with Crippen molar-refractivity contribution in [3.63, 3.8) is 0 Å². The summed E-state index contributed by atoms with van der Waals surface area (Å²) in [4.78, 5) is 22.7. The van der Waals surface area contributed by atoms with Crippen LogP contribution in [0.3, 0.4) is 0 Å². The van der Waals surface area contributed by atoms with Gasteiger partial charge in [0, 0.05) is 5.69 Å². The predicted molar refractivity (Wildman–Crippen MR) is 74.3 cm³/mol. The molecule has 1 atom stereocenters. The first kappa shape index (κ1) is 15.0. The molecule has 0 saturated carbocycles. The van der Waals surface area contributed by atoms with Gasteiger partial charge in [-0.3, -0.25) is 0 Å². The number of carbonyl (C=O) groups excluding carboxylic acids is 1. The zero-order valence-corrected chi connectivity index (χ0v) is 11.3. The Morgan fingerprint density at radius 3 is 2.68 bits per heavy atom. The number of carbonyl (C=O) groups is 2. The molecule has 5 heteroatoms. The van der Waals surface area contributed by atoms with E-state index in [1.54, 1.807) is 6.07 Å². The van der Waals surface area contributed by atoms with E-state index in [0.29, 0.717) is 12.1 Å². The lowest BCUT2D eigenvalue weighted by Crippen LogP contribution is -2.42. The molecule has 0 aromatic heterocycles. The lowest BCUT2D eigenvalue weighted by atomic mass is 10.1. The average molecular weight is 264 g/mol. The number of anilines is 1. The van der Waals surface area contributed by atoms with Crippen LogP contribution in [0.25, 0.3) is 0 Å². The van der Waals surface area contributed by atoms with Gasteiger partial charge in [-0.15, -0.1) is 0 Å². The van der Waals surface area contributed by atoms with Crippen LogP contribution in [-0.2, 0) is 4.79 Å². The number of hydrogen-bond donors (Lipinski definition) is 3. The molecule has 5 nitrogen and oxygen atoms in total. The summed E-state index contributed by atoms with van der Waals surface area (Å²) in [6.07, 6.45) is 2.10. The van der Waals surface area contributed by atoms with E-state index in [2.05, 4.69) is 10.6 Å². The van der Waals surface area contributed by atoms with Crippen LogP contribution < -0.4 is 10.6 Å². The molecule has 0 saturated heterocycles. The molecule has 0 spiro atoms. The molecule has 0 radical (unpaired) electrons. The molecule has 1 aromatic rings. The fraction of sp³-hybridized carbons (Fsp3) is 0.429. The second-order valence-corrected chi connectivity index (χ2v) is 4.50. The number of hydrogen-bond acceptors (Lipinski definition) is 2. The number of carboxylic acid groups (broad SMARTS) is 1. The zero-order valence-electron chi connectivity index (χ0n) is 11.3. The van der Waals surface area contributed by atoms with Crippen LogP contribution in [0.15, 0.2) is 24.3 Å². The van der Waals surface area contributed by atoms with Gasteiger partial charge in [0.05, 0.1) is 0 Å². The first-order valence-electron chi connectivity index (χ1n) is 6.40. The van der Waals surface area contributed by atoms with E-state index >= 15 is 0 Å². The summed E-state index contributed by atoms with van der Waals surface area (Å²) >= 11 is 0. The van der Waals surface area contributed by atoms with E-state index in [1.165, 1.54) is 0 Å². The Balaban J connectivity index is 2.55. The van der Waals surface area contributed by atoms with Crippen molar-refractivity contribution < 1.29 is 14.7 Å². The average Bonchev–Trinajstić information content (AvgIpc) is 2.34. The van der Waals surface area contributed by atoms with Crippen molar-refractivity contribution in [2.75, 3.05) is 5.32 Å². The summed E-state index contributed by atoms with van der Waals surface area (Å²) in [5.74, 6) is -1.01. The van der Waals surface area contributed by atoms with Crippen molar-refractivity contribution in [1.82, 2.24) is 5.32 Å². The Kier molecular flexibility index (Phi) is 5.85. The van der Waals surface area contributed by atoms with Gasteiger partial charge >= 0.3 is 12.0 Å². The normalized spacial score (nSPS) is 11.7. The number of rotatable bonds is 6. The molecule has 3 N–H and O–H groups in total. The number of nitrogens with one attached hydrogen (secondary N) is 2. The standard InChI is InChI=1S/C14H20N2O3/c1-3-4-8-12(13(17)18)16-14(19)15-11-7-5-6-10(2)9-11/h5-7,9,12H,3-4,8H2,1-2H3,(H,17,18)(H2,15,16,19)/t12-/m0/s1. The maximum atomic E-state index is 11.7. The highest BCUT2D eigenvalue weighted by Crippen LogP contribution is 2.09. The maximum absolute atomic E-state index is 11.7. The third kappa shape index (κ3) is 5.42. The smallest absolute Gasteiger partial charge is 0.326 e. The van der Waals surface area contributed by atoms with Crippen LogP contribution in [0.1, 0.15) is 31.7 Å². The van der Waals surface area contributed by atoms with E-state index in [4.69, 9.17) is 5.11 Å². The van der Waals surface area contributed by atoms with Crippen LogP contribution in [0.5, 0.6) is 0 Å². The fourth-order valence-corrected chi connectivity index (χ4v) is 1.71.